The predicted molar refractivity (Wildman–Crippen MR) is 122 cm³/mol. The van der Waals surface area contributed by atoms with E-state index < -0.39 is 17.7 Å². The van der Waals surface area contributed by atoms with Gasteiger partial charge in [0.2, 0.25) is 0 Å². The number of nitrogens with zero attached hydrogens (tertiary/aromatic N) is 1. The van der Waals surface area contributed by atoms with E-state index in [1.807, 2.05) is 0 Å². The third kappa shape index (κ3) is 3.69. The number of ether oxygens (including phenoxy) is 1. The van der Waals surface area contributed by atoms with Gasteiger partial charge in [0.25, 0.3) is 11.7 Å². The molecule has 1 aliphatic rings. The maximum Gasteiger partial charge on any atom is 0.300 e. The number of aryl methyl sites for hydroxylation is 1. The van der Waals surface area contributed by atoms with Crippen molar-refractivity contribution in [3.8, 4) is 11.5 Å². The molecule has 1 fully saturated rings. The maximum atomic E-state index is 13.2. The smallest absolute Gasteiger partial charge is 0.300 e. The van der Waals surface area contributed by atoms with Crippen molar-refractivity contribution in [2.24, 2.45) is 0 Å². The number of methoxy groups -OCH3 is 1. The Morgan fingerprint density at radius 2 is 1.75 bits per heavy atom. The first kappa shape index (κ1) is 21.5. The highest BCUT2D eigenvalue weighted by Gasteiger charge is 2.47. The summed E-state index contributed by atoms with van der Waals surface area (Å²) in [5.74, 6) is -1.32. The molecule has 0 bridgehead atoms. The number of Topliss-reactive ketones (excluding diaryl/α,β-unsaturated/α-hetero) is 1. The largest absolute Gasteiger partial charge is 0.508 e. The molecule has 3 aromatic rings. The number of amides is 1. The molecule has 32 heavy (non-hydrogen) atoms. The molecule has 6 nitrogen and oxygen atoms in total. The van der Waals surface area contributed by atoms with Crippen LogP contribution in [0.1, 0.15) is 22.7 Å². The standard InChI is InChI=1S/C25H20ClNO5/c1-14-12-19(32-2)10-11-20(14)23(29)21-22(15-4-3-5-18(28)13-15)27(25(31)24(21)30)17-8-6-16(26)7-9-17/h3-13,22,28-29H,1-2H3/b23-21-. The van der Waals surface area contributed by atoms with Crippen molar-refractivity contribution in [1.29, 1.82) is 0 Å². The number of hydrogen-bond donors (Lipinski definition) is 2. The second kappa shape index (κ2) is 8.40. The summed E-state index contributed by atoms with van der Waals surface area (Å²) >= 11 is 6.00. The first-order chi connectivity index (χ1) is 15.3. The van der Waals surface area contributed by atoms with Gasteiger partial charge >= 0.3 is 0 Å². The minimum absolute atomic E-state index is 0.0233. The number of carbonyl (C=O) groups is 2. The summed E-state index contributed by atoms with van der Waals surface area (Å²) < 4.78 is 5.22. The van der Waals surface area contributed by atoms with Crippen LogP contribution in [0.15, 0.2) is 72.3 Å². The Bertz CT molecular complexity index is 1250. The number of aromatic hydroxyl groups is 1. The average molecular weight is 450 g/mol. The fourth-order valence-corrected chi connectivity index (χ4v) is 4.01. The van der Waals surface area contributed by atoms with Crippen LogP contribution in [0.4, 0.5) is 5.69 Å². The van der Waals surface area contributed by atoms with E-state index >= 15 is 0 Å². The van der Waals surface area contributed by atoms with Gasteiger partial charge in [-0.15, -0.1) is 0 Å². The number of benzene rings is 3. The second-order valence-electron chi connectivity index (χ2n) is 7.42. The number of hydrogen-bond acceptors (Lipinski definition) is 5. The van der Waals surface area contributed by atoms with Crippen molar-refractivity contribution in [1.82, 2.24) is 0 Å². The Morgan fingerprint density at radius 1 is 1.03 bits per heavy atom. The highest BCUT2D eigenvalue weighted by Crippen LogP contribution is 2.43. The van der Waals surface area contributed by atoms with E-state index in [-0.39, 0.29) is 17.1 Å². The van der Waals surface area contributed by atoms with E-state index in [1.165, 1.54) is 24.1 Å². The molecule has 0 saturated carbocycles. The van der Waals surface area contributed by atoms with Gasteiger partial charge < -0.3 is 14.9 Å². The summed E-state index contributed by atoms with van der Waals surface area (Å²) in [6.45, 7) is 1.77. The topological polar surface area (TPSA) is 87.1 Å². The van der Waals surface area contributed by atoms with E-state index in [0.717, 1.165) is 0 Å². The minimum Gasteiger partial charge on any atom is -0.508 e. The molecular formula is C25H20ClNO5. The summed E-state index contributed by atoms with van der Waals surface area (Å²) in [4.78, 5) is 27.6. The van der Waals surface area contributed by atoms with Crippen molar-refractivity contribution in [2.75, 3.05) is 12.0 Å². The van der Waals surface area contributed by atoms with Gasteiger partial charge in [-0.1, -0.05) is 23.7 Å². The van der Waals surface area contributed by atoms with E-state index in [2.05, 4.69) is 0 Å². The van der Waals surface area contributed by atoms with Crippen LogP contribution in [-0.4, -0.2) is 29.0 Å². The van der Waals surface area contributed by atoms with Crippen LogP contribution in [0.25, 0.3) is 5.76 Å². The third-order valence-electron chi connectivity index (χ3n) is 5.42. The molecule has 1 aliphatic heterocycles. The summed E-state index contributed by atoms with van der Waals surface area (Å²) in [5.41, 5.74) is 1.94. The first-order valence-corrected chi connectivity index (χ1v) is 10.2. The van der Waals surface area contributed by atoms with E-state index in [1.54, 1.807) is 61.5 Å². The van der Waals surface area contributed by atoms with Crippen LogP contribution in [-0.2, 0) is 9.59 Å². The average Bonchev–Trinajstić information content (AvgIpc) is 3.04. The molecule has 7 heteroatoms. The molecule has 1 saturated heterocycles. The number of rotatable bonds is 4. The maximum absolute atomic E-state index is 13.2. The Balaban J connectivity index is 1.95. The molecule has 4 rings (SSSR count). The molecule has 1 atom stereocenters. The lowest BCUT2D eigenvalue weighted by molar-refractivity contribution is -0.132. The fourth-order valence-electron chi connectivity index (χ4n) is 3.88. The molecular weight excluding hydrogens is 430 g/mol. The quantitative estimate of drug-likeness (QED) is 0.333. The van der Waals surface area contributed by atoms with Gasteiger partial charge in [0.15, 0.2) is 0 Å². The summed E-state index contributed by atoms with van der Waals surface area (Å²) in [5, 5.41) is 21.7. The molecule has 1 amide bonds. The molecule has 162 valence electrons. The van der Waals surface area contributed by atoms with Crippen molar-refractivity contribution in [2.45, 2.75) is 13.0 Å². The molecule has 0 radical (unpaired) electrons. The monoisotopic (exact) mass is 449 g/mol. The number of aliphatic hydroxyl groups excluding tert-OH is 1. The van der Waals surface area contributed by atoms with Gasteiger partial charge in [0.1, 0.15) is 17.3 Å². The highest BCUT2D eigenvalue weighted by atomic mass is 35.5. The number of carbonyl (C=O) groups excluding carboxylic acids is 2. The summed E-state index contributed by atoms with van der Waals surface area (Å²) in [6, 6.07) is 16.8. The Hall–Kier alpha value is -3.77. The van der Waals surface area contributed by atoms with Gasteiger partial charge in [-0.25, -0.2) is 0 Å². The van der Waals surface area contributed by atoms with Gasteiger partial charge in [0, 0.05) is 16.3 Å². The SMILES string of the molecule is COc1ccc(/C(O)=C2/C(=O)C(=O)N(c3ccc(Cl)cc3)C2c2cccc(O)c2)c(C)c1. The lowest BCUT2D eigenvalue weighted by Gasteiger charge is -2.25. The second-order valence-corrected chi connectivity index (χ2v) is 7.86. The van der Waals surface area contributed by atoms with Gasteiger partial charge in [-0.05, 0) is 72.6 Å². The molecule has 3 aromatic carbocycles. The number of phenolic OH excluding ortho intramolecular Hbond substituents is 1. The first-order valence-electron chi connectivity index (χ1n) is 9.82. The Kier molecular flexibility index (Phi) is 5.63. The van der Waals surface area contributed by atoms with Crippen LogP contribution < -0.4 is 9.64 Å². The van der Waals surface area contributed by atoms with Crippen LogP contribution in [0.5, 0.6) is 11.5 Å². The molecule has 1 unspecified atom stereocenters. The summed E-state index contributed by atoms with van der Waals surface area (Å²) in [7, 11) is 1.54. The van der Waals surface area contributed by atoms with Crippen LogP contribution in [0.3, 0.4) is 0 Å². The molecule has 0 aliphatic carbocycles. The normalized spacial score (nSPS) is 17.6. The number of anilines is 1. The molecule has 2 N–H and O–H groups in total. The van der Waals surface area contributed by atoms with E-state index in [0.29, 0.717) is 33.1 Å². The molecule has 1 heterocycles. The zero-order chi connectivity index (χ0) is 23.0. The Morgan fingerprint density at radius 3 is 2.38 bits per heavy atom. The van der Waals surface area contributed by atoms with Crippen molar-refractivity contribution < 1.29 is 24.5 Å². The van der Waals surface area contributed by atoms with Crippen LogP contribution in [0, 0.1) is 6.92 Å². The number of ketones is 1. The lowest BCUT2D eigenvalue weighted by Crippen LogP contribution is -2.29. The van der Waals surface area contributed by atoms with E-state index in [4.69, 9.17) is 16.3 Å². The van der Waals surface area contributed by atoms with Gasteiger partial charge in [-0.3, -0.25) is 14.5 Å². The predicted octanol–water partition coefficient (Wildman–Crippen LogP) is 4.99. The lowest BCUT2D eigenvalue weighted by atomic mass is 9.93. The van der Waals surface area contributed by atoms with Crippen molar-refractivity contribution in [3.63, 3.8) is 0 Å². The zero-order valence-electron chi connectivity index (χ0n) is 17.4. The van der Waals surface area contributed by atoms with E-state index in [9.17, 15) is 19.8 Å². The zero-order valence-corrected chi connectivity index (χ0v) is 18.1. The molecule has 0 aromatic heterocycles. The Labute approximate surface area is 189 Å². The summed E-state index contributed by atoms with van der Waals surface area (Å²) in [6.07, 6.45) is 0. The molecule has 0 spiro atoms. The van der Waals surface area contributed by atoms with Crippen LogP contribution >= 0.6 is 11.6 Å². The van der Waals surface area contributed by atoms with Gasteiger partial charge in [-0.2, -0.15) is 0 Å². The van der Waals surface area contributed by atoms with Gasteiger partial charge in [0.05, 0.1) is 18.7 Å². The highest BCUT2D eigenvalue weighted by molar-refractivity contribution is 6.51. The number of phenols is 1. The minimum atomic E-state index is -0.940. The fraction of sp³-hybridized carbons (Fsp3) is 0.120. The van der Waals surface area contributed by atoms with Crippen LogP contribution in [0.2, 0.25) is 5.02 Å². The van der Waals surface area contributed by atoms with Crippen molar-refractivity contribution in [3.05, 3.63) is 94.0 Å². The number of aliphatic hydroxyl groups is 1. The number of halogens is 1. The van der Waals surface area contributed by atoms with Crippen molar-refractivity contribution >= 4 is 34.7 Å². The third-order valence-corrected chi connectivity index (χ3v) is 5.68.